The van der Waals surface area contributed by atoms with Crippen molar-refractivity contribution < 1.29 is 13.2 Å². The summed E-state index contributed by atoms with van der Waals surface area (Å²) in [4.78, 5) is 2.09. The highest BCUT2D eigenvalue weighted by Crippen LogP contribution is 2.29. The fourth-order valence-electron chi connectivity index (χ4n) is 2.94. The smallest absolute Gasteiger partial charge is 0.242 e. The minimum absolute atomic E-state index is 0.0940. The molecule has 3 rings (SSSR count). The van der Waals surface area contributed by atoms with Gasteiger partial charge < -0.3 is 9.64 Å². The van der Waals surface area contributed by atoms with Crippen LogP contribution in [0.3, 0.4) is 0 Å². The predicted octanol–water partition coefficient (Wildman–Crippen LogP) is 2.86. The van der Waals surface area contributed by atoms with Crippen LogP contribution >= 0.6 is 11.6 Å². The molecule has 1 unspecified atom stereocenters. The Bertz CT molecular complexity index is 868. The molecular weight excluding hydrogens is 360 g/mol. The summed E-state index contributed by atoms with van der Waals surface area (Å²) in [5, 5.41) is 0.214. The Balaban J connectivity index is 1.80. The first-order chi connectivity index (χ1) is 11.9. The molecule has 5 nitrogen and oxygen atoms in total. The molecule has 0 radical (unpaired) electrons. The highest BCUT2D eigenvalue weighted by Gasteiger charge is 2.23. The minimum atomic E-state index is -3.67. The summed E-state index contributed by atoms with van der Waals surface area (Å²) in [5.74, 6) is 0.915. The Morgan fingerprint density at radius 1 is 1.24 bits per heavy atom. The van der Waals surface area contributed by atoms with Crippen molar-refractivity contribution in [2.45, 2.75) is 17.4 Å². The van der Waals surface area contributed by atoms with Gasteiger partial charge in [0.05, 0.1) is 11.6 Å². The molecule has 0 spiro atoms. The lowest BCUT2D eigenvalue weighted by Gasteiger charge is -2.25. The molecule has 2 aromatic carbocycles. The van der Waals surface area contributed by atoms with Crippen molar-refractivity contribution in [3.8, 4) is 5.75 Å². The lowest BCUT2D eigenvalue weighted by atomic mass is 10.0. The summed E-state index contributed by atoms with van der Waals surface area (Å²) in [6, 6.07) is 12.4. The third-order valence-corrected chi connectivity index (χ3v) is 6.24. The van der Waals surface area contributed by atoms with E-state index in [1.54, 1.807) is 18.2 Å². The minimum Gasteiger partial charge on any atom is -0.493 e. The summed E-state index contributed by atoms with van der Waals surface area (Å²) in [7, 11) is 0.185. The number of nitrogens with zero attached hydrogens (tertiary/aromatic N) is 1. The second-order valence-corrected chi connectivity index (χ2v) is 8.37. The molecule has 1 aliphatic rings. The van der Waals surface area contributed by atoms with Gasteiger partial charge in [0.2, 0.25) is 10.0 Å². The molecule has 1 heterocycles. The van der Waals surface area contributed by atoms with Crippen molar-refractivity contribution in [1.29, 1.82) is 0 Å². The molecule has 134 valence electrons. The zero-order chi connectivity index (χ0) is 18.0. The Morgan fingerprint density at radius 2 is 2.00 bits per heavy atom. The summed E-state index contributed by atoms with van der Waals surface area (Å²) >= 11 is 6.02. The van der Waals surface area contributed by atoms with E-state index in [9.17, 15) is 8.42 Å². The van der Waals surface area contributed by atoms with Gasteiger partial charge in [0.1, 0.15) is 10.6 Å². The molecule has 2 aromatic rings. The molecule has 25 heavy (non-hydrogen) atoms. The maximum atomic E-state index is 12.6. The van der Waals surface area contributed by atoms with Gasteiger partial charge >= 0.3 is 0 Å². The van der Waals surface area contributed by atoms with Crippen LogP contribution in [0.5, 0.6) is 5.75 Å². The normalized spacial score (nSPS) is 15.0. The highest BCUT2D eigenvalue weighted by atomic mass is 35.5. The molecule has 0 aliphatic carbocycles. The predicted molar refractivity (Wildman–Crippen MR) is 98.7 cm³/mol. The lowest BCUT2D eigenvalue weighted by molar-refractivity contribution is 0.299. The summed E-state index contributed by atoms with van der Waals surface area (Å²) < 4.78 is 33.3. The van der Waals surface area contributed by atoms with E-state index in [1.807, 2.05) is 31.1 Å². The Morgan fingerprint density at radius 3 is 2.72 bits per heavy atom. The van der Waals surface area contributed by atoms with Crippen LogP contribution < -0.4 is 9.46 Å². The van der Waals surface area contributed by atoms with Gasteiger partial charge in [0, 0.05) is 19.0 Å². The third kappa shape index (κ3) is 3.98. The molecule has 1 N–H and O–H groups in total. The van der Waals surface area contributed by atoms with Crippen LogP contribution in [0.1, 0.15) is 17.2 Å². The molecule has 0 fully saturated rings. The van der Waals surface area contributed by atoms with Gasteiger partial charge in [-0.2, -0.15) is 0 Å². The van der Waals surface area contributed by atoms with Crippen LogP contribution in [-0.2, 0) is 16.4 Å². The molecule has 0 saturated heterocycles. The zero-order valence-corrected chi connectivity index (χ0v) is 15.8. The van der Waals surface area contributed by atoms with Gasteiger partial charge in [-0.15, -0.1) is 0 Å². The Kier molecular flexibility index (Phi) is 5.34. The maximum absolute atomic E-state index is 12.6. The number of hydrogen-bond donors (Lipinski definition) is 1. The number of sulfonamides is 1. The van der Waals surface area contributed by atoms with E-state index in [0.717, 1.165) is 17.7 Å². The lowest BCUT2D eigenvalue weighted by Crippen LogP contribution is -2.34. The van der Waals surface area contributed by atoms with E-state index in [4.69, 9.17) is 16.3 Å². The highest BCUT2D eigenvalue weighted by molar-refractivity contribution is 7.89. The number of likely N-dealkylation sites (N-methyl/N-ethyl adjacent to an activating group) is 1. The molecule has 1 aliphatic heterocycles. The van der Waals surface area contributed by atoms with E-state index < -0.39 is 10.0 Å². The number of ether oxygens (including phenoxy) is 1. The van der Waals surface area contributed by atoms with Crippen molar-refractivity contribution in [1.82, 2.24) is 9.62 Å². The van der Waals surface area contributed by atoms with Crippen molar-refractivity contribution in [3.05, 3.63) is 58.6 Å². The number of halogens is 1. The quantitative estimate of drug-likeness (QED) is 0.837. The van der Waals surface area contributed by atoms with Gasteiger partial charge in [-0.3, -0.25) is 0 Å². The van der Waals surface area contributed by atoms with Crippen molar-refractivity contribution in [3.63, 3.8) is 0 Å². The number of rotatable bonds is 6. The molecule has 0 saturated carbocycles. The van der Waals surface area contributed by atoms with Crippen molar-refractivity contribution in [2.75, 3.05) is 27.2 Å². The third-order valence-electron chi connectivity index (χ3n) is 4.31. The average Bonchev–Trinajstić information content (AvgIpc) is 3.02. The molecule has 1 atom stereocenters. The SMILES string of the molecule is CN(C)C(CNS(=O)(=O)c1ccccc1Cl)c1ccc2c(c1)CCO2. The number of benzene rings is 2. The first kappa shape index (κ1) is 18.2. The van der Waals surface area contributed by atoms with Crippen molar-refractivity contribution in [2.24, 2.45) is 0 Å². The summed E-state index contributed by atoms with van der Waals surface area (Å²) in [5.41, 5.74) is 2.22. The molecule has 0 aromatic heterocycles. The standard InChI is InChI=1S/C18H21ClN2O3S/c1-21(2)16(13-7-8-17-14(11-13)9-10-24-17)12-20-25(22,23)18-6-4-3-5-15(18)19/h3-8,11,16,20H,9-10,12H2,1-2H3. The fourth-order valence-corrected chi connectivity index (χ4v) is 4.50. The zero-order valence-electron chi connectivity index (χ0n) is 14.2. The van der Waals surface area contributed by atoms with E-state index in [1.165, 1.54) is 11.6 Å². The molecule has 0 bridgehead atoms. The van der Waals surface area contributed by atoms with Crippen LogP contribution in [0.25, 0.3) is 0 Å². The summed E-state index contributed by atoms with van der Waals surface area (Å²) in [6.45, 7) is 0.949. The van der Waals surface area contributed by atoms with Crippen LogP contribution in [-0.4, -0.2) is 40.6 Å². The second kappa shape index (κ2) is 7.33. The van der Waals surface area contributed by atoms with Crippen LogP contribution in [0.15, 0.2) is 47.4 Å². The fraction of sp³-hybridized carbons (Fsp3) is 0.333. The van der Waals surface area contributed by atoms with Gasteiger partial charge in [0.15, 0.2) is 0 Å². The number of nitrogens with one attached hydrogen (secondary N) is 1. The first-order valence-corrected chi connectivity index (χ1v) is 9.91. The van der Waals surface area contributed by atoms with Gasteiger partial charge in [0.25, 0.3) is 0 Å². The van der Waals surface area contributed by atoms with E-state index in [-0.39, 0.29) is 22.5 Å². The Hall–Kier alpha value is -1.60. The summed E-state index contributed by atoms with van der Waals surface area (Å²) in [6.07, 6.45) is 0.884. The first-order valence-electron chi connectivity index (χ1n) is 8.05. The monoisotopic (exact) mass is 380 g/mol. The van der Waals surface area contributed by atoms with Gasteiger partial charge in [-0.1, -0.05) is 35.9 Å². The van der Waals surface area contributed by atoms with E-state index in [2.05, 4.69) is 10.8 Å². The molecular formula is C18H21ClN2O3S. The average molecular weight is 381 g/mol. The van der Waals surface area contributed by atoms with Crippen molar-refractivity contribution >= 4 is 21.6 Å². The topological polar surface area (TPSA) is 58.6 Å². The van der Waals surface area contributed by atoms with E-state index in [0.29, 0.717) is 6.61 Å². The van der Waals surface area contributed by atoms with Crippen LogP contribution in [0.2, 0.25) is 5.02 Å². The van der Waals surface area contributed by atoms with Crippen LogP contribution in [0.4, 0.5) is 0 Å². The largest absolute Gasteiger partial charge is 0.493 e. The number of fused-ring (bicyclic) bond motifs is 1. The number of hydrogen-bond acceptors (Lipinski definition) is 4. The van der Waals surface area contributed by atoms with Gasteiger partial charge in [-0.25, -0.2) is 13.1 Å². The van der Waals surface area contributed by atoms with E-state index >= 15 is 0 Å². The molecule has 0 amide bonds. The second-order valence-electron chi connectivity index (χ2n) is 6.23. The molecule has 7 heteroatoms. The van der Waals surface area contributed by atoms with Crippen LogP contribution in [0, 0.1) is 0 Å². The Labute approximate surface area is 153 Å². The maximum Gasteiger partial charge on any atom is 0.242 e. The van der Waals surface area contributed by atoms with Gasteiger partial charge in [-0.05, 0) is 43.4 Å².